The number of nitrogens with one attached hydrogen (secondary N) is 2. The third-order valence-electron chi connectivity index (χ3n) is 4.74. The van der Waals surface area contributed by atoms with E-state index in [-0.39, 0.29) is 24.4 Å². The van der Waals surface area contributed by atoms with E-state index in [1.165, 1.54) is 6.20 Å². The van der Waals surface area contributed by atoms with Crippen molar-refractivity contribution in [1.29, 1.82) is 0 Å². The van der Waals surface area contributed by atoms with Crippen molar-refractivity contribution in [2.75, 3.05) is 16.8 Å². The summed E-state index contributed by atoms with van der Waals surface area (Å²) in [5.74, 6) is 0.281. The summed E-state index contributed by atoms with van der Waals surface area (Å²) in [4.78, 5) is 35.8. The Kier molecular flexibility index (Phi) is 5.26. The SMILES string of the molecule is Cc1nc(C(C)NC(=O)c2cnc3c(c2)N(Cc2ccccc2)C(=O)CN3)cs1. The van der Waals surface area contributed by atoms with Gasteiger partial charge in [-0.05, 0) is 25.5 Å². The zero-order valence-electron chi connectivity index (χ0n) is 16.2. The zero-order valence-corrected chi connectivity index (χ0v) is 17.0. The molecule has 0 saturated carbocycles. The molecule has 29 heavy (non-hydrogen) atoms. The van der Waals surface area contributed by atoms with Crippen LogP contribution in [0.1, 0.15) is 39.6 Å². The fraction of sp³-hybridized carbons (Fsp3) is 0.238. The Morgan fingerprint density at radius 3 is 2.86 bits per heavy atom. The van der Waals surface area contributed by atoms with Crippen molar-refractivity contribution in [1.82, 2.24) is 15.3 Å². The van der Waals surface area contributed by atoms with E-state index in [9.17, 15) is 9.59 Å². The van der Waals surface area contributed by atoms with Gasteiger partial charge in [0.15, 0.2) is 5.82 Å². The average molecular weight is 407 g/mol. The third-order valence-corrected chi connectivity index (χ3v) is 5.53. The van der Waals surface area contributed by atoms with Gasteiger partial charge in [0.25, 0.3) is 5.91 Å². The number of anilines is 2. The van der Waals surface area contributed by atoms with Crippen LogP contribution in [0.2, 0.25) is 0 Å². The number of thiazole rings is 1. The molecule has 2 aromatic heterocycles. The van der Waals surface area contributed by atoms with Crippen LogP contribution < -0.4 is 15.5 Å². The van der Waals surface area contributed by atoms with Gasteiger partial charge in [-0.25, -0.2) is 9.97 Å². The van der Waals surface area contributed by atoms with Gasteiger partial charge in [-0.15, -0.1) is 11.3 Å². The average Bonchev–Trinajstić information content (AvgIpc) is 3.17. The standard InChI is InChI=1S/C21H21N5O2S/c1-13(17-12-29-14(2)25-17)24-21(28)16-8-18-20(22-9-16)23-10-19(27)26(18)11-15-6-4-3-5-7-15/h3-9,12-13H,10-11H2,1-2H3,(H,22,23)(H,24,28). The van der Waals surface area contributed by atoms with Gasteiger partial charge in [0.05, 0.1) is 41.1 Å². The summed E-state index contributed by atoms with van der Waals surface area (Å²) >= 11 is 1.55. The number of pyridine rings is 1. The van der Waals surface area contributed by atoms with Crippen molar-refractivity contribution >= 4 is 34.7 Å². The van der Waals surface area contributed by atoms with Crippen molar-refractivity contribution < 1.29 is 9.59 Å². The molecule has 148 valence electrons. The smallest absolute Gasteiger partial charge is 0.253 e. The summed E-state index contributed by atoms with van der Waals surface area (Å²) in [6.45, 7) is 4.43. The maximum atomic E-state index is 12.8. The Morgan fingerprint density at radius 1 is 1.34 bits per heavy atom. The number of carbonyl (C=O) groups is 2. The second-order valence-electron chi connectivity index (χ2n) is 6.90. The lowest BCUT2D eigenvalue weighted by Gasteiger charge is -2.30. The van der Waals surface area contributed by atoms with E-state index in [0.29, 0.717) is 23.6 Å². The van der Waals surface area contributed by atoms with Crippen LogP contribution in [0.4, 0.5) is 11.5 Å². The van der Waals surface area contributed by atoms with Crippen molar-refractivity contribution in [3.8, 4) is 0 Å². The van der Waals surface area contributed by atoms with Gasteiger partial charge in [-0.3, -0.25) is 9.59 Å². The first-order valence-electron chi connectivity index (χ1n) is 9.32. The van der Waals surface area contributed by atoms with Crippen LogP contribution in [-0.4, -0.2) is 28.3 Å². The number of hydrogen-bond donors (Lipinski definition) is 2. The zero-order chi connectivity index (χ0) is 20.4. The van der Waals surface area contributed by atoms with Gasteiger partial charge in [0.2, 0.25) is 5.91 Å². The van der Waals surface area contributed by atoms with Crippen LogP contribution in [0.25, 0.3) is 0 Å². The van der Waals surface area contributed by atoms with E-state index < -0.39 is 0 Å². The first kappa shape index (κ1) is 19.1. The quantitative estimate of drug-likeness (QED) is 0.678. The van der Waals surface area contributed by atoms with Crippen LogP contribution in [0, 0.1) is 6.92 Å². The third kappa shape index (κ3) is 4.12. The number of hydrogen-bond acceptors (Lipinski definition) is 6. The summed E-state index contributed by atoms with van der Waals surface area (Å²) in [6, 6.07) is 11.2. The predicted molar refractivity (Wildman–Crippen MR) is 113 cm³/mol. The lowest BCUT2D eigenvalue weighted by molar-refractivity contribution is -0.117. The second-order valence-corrected chi connectivity index (χ2v) is 7.96. The number of nitrogens with zero attached hydrogens (tertiary/aromatic N) is 3. The Bertz CT molecular complexity index is 1050. The summed E-state index contributed by atoms with van der Waals surface area (Å²) in [6.07, 6.45) is 1.52. The predicted octanol–water partition coefficient (Wildman–Crippen LogP) is 3.30. The van der Waals surface area contributed by atoms with Gasteiger partial charge >= 0.3 is 0 Å². The van der Waals surface area contributed by atoms with Gasteiger partial charge < -0.3 is 15.5 Å². The van der Waals surface area contributed by atoms with E-state index >= 15 is 0 Å². The van der Waals surface area contributed by atoms with Crippen LogP contribution >= 0.6 is 11.3 Å². The molecule has 0 saturated heterocycles. The number of aromatic nitrogens is 2. The maximum Gasteiger partial charge on any atom is 0.253 e. The first-order valence-corrected chi connectivity index (χ1v) is 10.2. The number of rotatable bonds is 5. The maximum absolute atomic E-state index is 12.8. The molecular formula is C21H21N5O2S. The van der Waals surface area contributed by atoms with Crippen LogP contribution in [0.3, 0.4) is 0 Å². The van der Waals surface area contributed by atoms with Gasteiger partial charge in [-0.2, -0.15) is 0 Å². The Balaban J connectivity index is 1.57. The molecule has 0 radical (unpaired) electrons. The highest BCUT2D eigenvalue weighted by Crippen LogP contribution is 2.30. The van der Waals surface area contributed by atoms with Crippen LogP contribution in [-0.2, 0) is 11.3 Å². The fourth-order valence-corrected chi connectivity index (χ4v) is 3.89. The molecule has 7 nitrogen and oxygen atoms in total. The second kappa shape index (κ2) is 8.00. The molecule has 1 atom stereocenters. The van der Waals surface area contributed by atoms with E-state index in [0.717, 1.165) is 16.3 Å². The van der Waals surface area contributed by atoms with Crippen LogP contribution in [0.15, 0.2) is 48.0 Å². The normalized spacial score (nSPS) is 14.1. The molecule has 2 N–H and O–H groups in total. The van der Waals surface area contributed by atoms with Crippen molar-refractivity contribution in [2.45, 2.75) is 26.4 Å². The first-order chi connectivity index (χ1) is 14.0. The Morgan fingerprint density at radius 2 is 2.14 bits per heavy atom. The van der Waals surface area contributed by atoms with E-state index in [1.807, 2.05) is 49.6 Å². The van der Waals surface area contributed by atoms with Crippen molar-refractivity contribution in [3.05, 3.63) is 69.8 Å². The molecule has 0 aliphatic carbocycles. The molecular weight excluding hydrogens is 386 g/mol. The number of fused-ring (bicyclic) bond motifs is 1. The van der Waals surface area contributed by atoms with E-state index in [1.54, 1.807) is 22.3 Å². The summed E-state index contributed by atoms with van der Waals surface area (Å²) < 4.78 is 0. The largest absolute Gasteiger partial charge is 0.359 e. The number of aryl methyl sites for hydroxylation is 1. The summed E-state index contributed by atoms with van der Waals surface area (Å²) in [7, 11) is 0. The lowest BCUT2D eigenvalue weighted by atomic mass is 10.1. The van der Waals surface area contributed by atoms with Gasteiger partial charge in [-0.1, -0.05) is 30.3 Å². The Hall–Kier alpha value is -3.26. The Labute approximate surface area is 172 Å². The molecule has 3 heterocycles. The molecule has 0 spiro atoms. The fourth-order valence-electron chi connectivity index (χ4n) is 3.18. The molecule has 1 aliphatic rings. The minimum atomic E-state index is -0.254. The molecule has 1 aromatic carbocycles. The number of carbonyl (C=O) groups excluding carboxylic acids is 2. The van der Waals surface area contributed by atoms with E-state index in [4.69, 9.17) is 0 Å². The minimum Gasteiger partial charge on any atom is -0.359 e. The monoisotopic (exact) mass is 407 g/mol. The van der Waals surface area contributed by atoms with Crippen molar-refractivity contribution in [2.24, 2.45) is 0 Å². The van der Waals surface area contributed by atoms with Crippen LogP contribution in [0.5, 0.6) is 0 Å². The minimum absolute atomic E-state index is 0.0629. The molecule has 2 amide bonds. The molecule has 0 fully saturated rings. The number of benzene rings is 1. The highest BCUT2D eigenvalue weighted by Gasteiger charge is 2.26. The van der Waals surface area contributed by atoms with Crippen molar-refractivity contribution in [3.63, 3.8) is 0 Å². The highest BCUT2D eigenvalue weighted by molar-refractivity contribution is 7.09. The lowest BCUT2D eigenvalue weighted by Crippen LogP contribution is -2.40. The summed E-state index contributed by atoms with van der Waals surface area (Å²) in [5, 5.41) is 8.87. The van der Waals surface area contributed by atoms with Gasteiger partial charge in [0.1, 0.15) is 0 Å². The molecule has 8 heteroatoms. The molecule has 1 unspecified atom stereocenters. The van der Waals surface area contributed by atoms with E-state index in [2.05, 4.69) is 20.6 Å². The molecule has 0 bridgehead atoms. The molecule has 4 rings (SSSR count). The molecule has 1 aliphatic heterocycles. The summed E-state index contributed by atoms with van der Waals surface area (Å²) in [5.41, 5.74) is 2.84. The topological polar surface area (TPSA) is 87.2 Å². The molecule has 3 aromatic rings. The number of amides is 2. The van der Waals surface area contributed by atoms with Gasteiger partial charge in [0, 0.05) is 11.6 Å². The highest BCUT2D eigenvalue weighted by atomic mass is 32.1.